The zero-order valence-corrected chi connectivity index (χ0v) is 25.9. The molecule has 0 saturated carbocycles. The normalized spacial score (nSPS) is 11.0. The van der Waals surface area contributed by atoms with Crippen LogP contribution in [0.15, 0.2) is 97.1 Å². The molecule has 0 fully saturated rings. The molecule has 47 heavy (non-hydrogen) atoms. The van der Waals surface area contributed by atoms with Gasteiger partial charge in [-0.25, -0.2) is 19.2 Å². The van der Waals surface area contributed by atoms with Crippen LogP contribution >= 0.6 is 0 Å². The summed E-state index contributed by atoms with van der Waals surface area (Å²) in [5.74, 6) is -0.183. The molecular formula is C38H31FN4O4. The number of nitrogens with zero attached hydrogens (tertiary/aromatic N) is 4. The predicted molar refractivity (Wildman–Crippen MR) is 177 cm³/mol. The van der Waals surface area contributed by atoms with Gasteiger partial charge in [-0.1, -0.05) is 42.5 Å². The Balaban J connectivity index is 1.38. The topological polar surface area (TPSA) is 110 Å². The SMILES string of the molecule is COCCn1c(Cc2ccc(-c3cccc(OCc4ccc(C)cc4F)n3)cc2-c2ccc(C#N)cc2)nc2ccc(C(=O)O)cc21. The van der Waals surface area contributed by atoms with Gasteiger partial charge in [-0.3, -0.25) is 0 Å². The van der Waals surface area contributed by atoms with Crippen LogP contribution in [-0.4, -0.2) is 39.3 Å². The van der Waals surface area contributed by atoms with Gasteiger partial charge in [0, 0.05) is 37.3 Å². The Labute approximate surface area is 271 Å². The lowest BCUT2D eigenvalue weighted by atomic mass is 9.93. The minimum Gasteiger partial charge on any atom is -0.478 e. The molecule has 2 aromatic heterocycles. The Bertz CT molecular complexity index is 2130. The Morgan fingerprint density at radius 1 is 0.936 bits per heavy atom. The maximum Gasteiger partial charge on any atom is 0.335 e. The van der Waals surface area contributed by atoms with Crippen LogP contribution in [-0.2, 0) is 24.3 Å². The molecule has 2 heterocycles. The summed E-state index contributed by atoms with van der Waals surface area (Å²) in [4.78, 5) is 21.3. The first-order chi connectivity index (χ1) is 22.8. The first kappa shape index (κ1) is 31.1. The Hall–Kier alpha value is -5.85. The van der Waals surface area contributed by atoms with Crippen molar-refractivity contribution >= 4 is 17.0 Å². The fourth-order valence-corrected chi connectivity index (χ4v) is 5.50. The van der Waals surface area contributed by atoms with E-state index in [1.54, 1.807) is 49.6 Å². The van der Waals surface area contributed by atoms with Crippen LogP contribution in [0.25, 0.3) is 33.4 Å². The van der Waals surface area contributed by atoms with Crippen molar-refractivity contribution in [1.82, 2.24) is 14.5 Å². The van der Waals surface area contributed by atoms with Crippen molar-refractivity contribution in [2.24, 2.45) is 0 Å². The monoisotopic (exact) mass is 626 g/mol. The maximum atomic E-state index is 14.4. The Kier molecular flexibility index (Phi) is 9.04. The minimum absolute atomic E-state index is 0.0516. The molecule has 4 aromatic carbocycles. The molecule has 0 saturated heterocycles. The van der Waals surface area contributed by atoms with Gasteiger partial charge < -0.3 is 19.1 Å². The highest BCUT2D eigenvalue weighted by molar-refractivity contribution is 5.92. The van der Waals surface area contributed by atoms with Gasteiger partial charge in [0.15, 0.2) is 0 Å². The molecule has 0 amide bonds. The number of aryl methyl sites for hydroxylation is 1. The average molecular weight is 627 g/mol. The number of ether oxygens (including phenoxy) is 2. The average Bonchev–Trinajstić information content (AvgIpc) is 3.43. The van der Waals surface area contributed by atoms with Crippen LogP contribution in [0.1, 0.15) is 38.4 Å². The second kappa shape index (κ2) is 13.6. The molecule has 1 N–H and O–H groups in total. The van der Waals surface area contributed by atoms with Gasteiger partial charge in [0.05, 0.1) is 40.5 Å². The van der Waals surface area contributed by atoms with E-state index in [4.69, 9.17) is 19.4 Å². The number of methoxy groups -OCH3 is 1. The molecular weight excluding hydrogens is 595 g/mol. The van der Waals surface area contributed by atoms with E-state index in [9.17, 15) is 19.6 Å². The third kappa shape index (κ3) is 6.88. The first-order valence-corrected chi connectivity index (χ1v) is 15.0. The molecule has 0 aliphatic rings. The quantitative estimate of drug-likeness (QED) is 0.158. The lowest BCUT2D eigenvalue weighted by Gasteiger charge is -2.15. The largest absolute Gasteiger partial charge is 0.478 e. The van der Waals surface area contributed by atoms with Crippen LogP contribution in [0.3, 0.4) is 0 Å². The predicted octanol–water partition coefficient (Wildman–Crippen LogP) is 7.60. The number of benzene rings is 4. The van der Waals surface area contributed by atoms with E-state index in [2.05, 4.69) is 6.07 Å². The smallest absolute Gasteiger partial charge is 0.335 e. The van der Waals surface area contributed by atoms with Crippen molar-refractivity contribution < 1.29 is 23.8 Å². The van der Waals surface area contributed by atoms with Gasteiger partial charge in [0.2, 0.25) is 5.88 Å². The summed E-state index contributed by atoms with van der Waals surface area (Å²) < 4.78 is 27.6. The van der Waals surface area contributed by atoms with Crippen molar-refractivity contribution in [2.45, 2.75) is 26.5 Å². The highest BCUT2D eigenvalue weighted by Crippen LogP contribution is 2.32. The number of hydrogen-bond acceptors (Lipinski definition) is 6. The highest BCUT2D eigenvalue weighted by Gasteiger charge is 2.17. The highest BCUT2D eigenvalue weighted by atomic mass is 19.1. The summed E-state index contributed by atoms with van der Waals surface area (Å²) in [7, 11) is 1.62. The molecule has 0 bridgehead atoms. The molecule has 0 spiro atoms. The summed E-state index contributed by atoms with van der Waals surface area (Å²) in [6, 6.07) is 31.1. The van der Waals surface area contributed by atoms with Crippen molar-refractivity contribution in [1.29, 1.82) is 5.26 Å². The number of fused-ring (bicyclic) bond motifs is 1. The second-order valence-corrected chi connectivity index (χ2v) is 11.2. The standard InChI is InChI=1S/C38H31FN4O4/c1-24-6-9-30(32(39)18-24)23-47-37-5-3-4-33(42-37)28-13-12-27(31(19-28)26-10-7-25(22-40)8-11-26)21-36-41-34-15-14-29(38(44)45)20-35(34)43(36)16-17-46-2/h3-15,18-20H,16-17,21,23H2,1-2H3,(H,44,45). The van der Waals surface area contributed by atoms with E-state index >= 15 is 0 Å². The fourth-order valence-electron chi connectivity index (χ4n) is 5.50. The molecule has 0 radical (unpaired) electrons. The summed E-state index contributed by atoms with van der Waals surface area (Å²) in [5, 5.41) is 19.0. The van der Waals surface area contributed by atoms with Gasteiger partial charge >= 0.3 is 5.97 Å². The van der Waals surface area contributed by atoms with E-state index in [-0.39, 0.29) is 18.0 Å². The lowest BCUT2D eigenvalue weighted by molar-refractivity contribution is 0.0697. The first-order valence-electron chi connectivity index (χ1n) is 15.0. The van der Waals surface area contributed by atoms with E-state index in [1.165, 1.54) is 6.07 Å². The minimum atomic E-state index is -1.00. The summed E-state index contributed by atoms with van der Waals surface area (Å²) in [6.45, 7) is 2.82. The van der Waals surface area contributed by atoms with Crippen LogP contribution in [0.5, 0.6) is 5.88 Å². The number of halogens is 1. The number of carboxylic acids is 1. The molecule has 6 aromatic rings. The zero-order chi connectivity index (χ0) is 32.9. The number of aromatic carboxylic acids is 1. The van der Waals surface area contributed by atoms with Gasteiger partial charge in [0.1, 0.15) is 18.2 Å². The van der Waals surface area contributed by atoms with Crippen molar-refractivity contribution in [3.63, 3.8) is 0 Å². The number of imidazole rings is 1. The van der Waals surface area contributed by atoms with Crippen molar-refractivity contribution in [3.8, 4) is 34.3 Å². The second-order valence-electron chi connectivity index (χ2n) is 11.2. The van der Waals surface area contributed by atoms with Gasteiger partial charge in [-0.05, 0) is 77.7 Å². The van der Waals surface area contributed by atoms with Gasteiger partial charge in [-0.2, -0.15) is 5.26 Å². The molecule has 234 valence electrons. The molecule has 0 aliphatic heterocycles. The summed E-state index contributed by atoms with van der Waals surface area (Å²) in [5.41, 5.74) is 7.80. The number of rotatable bonds is 11. The number of hydrogen-bond donors (Lipinski definition) is 1. The van der Waals surface area contributed by atoms with Crippen LogP contribution < -0.4 is 4.74 Å². The Morgan fingerprint density at radius 3 is 2.47 bits per heavy atom. The summed E-state index contributed by atoms with van der Waals surface area (Å²) >= 11 is 0. The van der Waals surface area contributed by atoms with E-state index in [0.29, 0.717) is 47.8 Å². The zero-order valence-electron chi connectivity index (χ0n) is 25.9. The fraction of sp³-hybridized carbons (Fsp3) is 0.158. The number of carbonyl (C=O) groups is 1. The lowest BCUT2D eigenvalue weighted by Crippen LogP contribution is -2.10. The van der Waals surface area contributed by atoms with E-state index in [0.717, 1.165) is 39.2 Å². The Morgan fingerprint density at radius 2 is 1.72 bits per heavy atom. The third-order valence-electron chi connectivity index (χ3n) is 7.98. The molecule has 9 heteroatoms. The third-order valence-corrected chi connectivity index (χ3v) is 7.98. The van der Waals surface area contributed by atoms with Crippen molar-refractivity contribution in [2.75, 3.05) is 13.7 Å². The van der Waals surface area contributed by atoms with Crippen LogP contribution in [0.4, 0.5) is 4.39 Å². The summed E-state index contributed by atoms with van der Waals surface area (Å²) in [6.07, 6.45) is 0.453. The van der Waals surface area contributed by atoms with Crippen LogP contribution in [0.2, 0.25) is 0 Å². The number of aromatic nitrogens is 3. The van der Waals surface area contributed by atoms with Crippen molar-refractivity contribution in [3.05, 3.63) is 137 Å². The number of nitriles is 1. The number of pyridine rings is 1. The van der Waals surface area contributed by atoms with E-state index in [1.807, 2.05) is 60.0 Å². The molecule has 0 atom stereocenters. The van der Waals surface area contributed by atoms with Gasteiger partial charge in [-0.15, -0.1) is 0 Å². The molecule has 8 nitrogen and oxygen atoms in total. The number of carboxylic acid groups (broad SMARTS) is 1. The molecule has 0 aliphatic carbocycles. The van der Waals surface area contributed by atoms with Crippen LogP contribution in [0, 0.1) is 24.1 Å². The molecule has 0 unspecified atom stereocenters. The van der Waals surface area contributed by atoms with E-state index < -0.39 is 5.97 Å². The van der Waals surface area contributed by atoms with Gasteiger partial charge in [0.25, 0.3) is 0 Å². The molecule has 6 rings (SSSR count). The maximum absolute atomic E-state index is 14.4.